The van der Waals surface area contributed by atoms with Gasteiger partial charge in [-0.3, -0.25) is 4.79 Å². The van der Waals surface area contributed by atoms with Crippen LogP contribution >= 0.6 is 12.2 Å². The summed E-state index contributed by atoms with van der Waals surface area (Å²) in [6, 6.07) is 2.68. The summed E-state index contributed by atoms with van der Waals surface area (Å²) in [7, 11) is 3.02. The number of carbonyl (C=O) groups excluding carboxylic acids is 2. The molecule has 0 amide bonds. The number of aromatic nitrogens is 2. The molecule has 0 radical (unpaired) electrons. The van der Waals surface area contributed by atoms with Crippen molar-refractivity contribution in [2.45, 2.75) is 18.9 Å². The molecule has 8 nitrogen and oxygen atoms in total. The number of carboxylic acid groups (broad SMARTS) is 1. The van der Waals surface area contributed by atoms with Crippen molar-refractivity contribution in [2.75, 3.05) is 19.5 Å². The van der Waals surface area contributed by atoms with Crippen LogP contribution in [0.15, 0.2) is 12.1 Å². The SMILES string of the molecule is COc1cc2nc(=S)n3c(c2cc1OC)NC(CCC(=O)[O-])C3=O. The van der Waals surface area contributed by atoms with Gasteiger partial charge in [0, 0.05) is 17.4 Å². The normalized spacial score (nSPS) is 15.9. The van der Waals surface area contributed by atoms with E-state index in [9.17, 15) is 14.7 Å². The molecule has 24 heavy (non-hydrogen) atoms. The molecule has 1 aliphatic heterocycles. The minimum atomic E-state index is -1.21. The molecule has 0 spiro atoms. The third-order valence-electron chi connectivity index (χ3n) is 3.85. The molecule has 2 heterocycles. The van der Waals surface area contributed by atoms with Crippen LogP contribution in [0.4, 0.5) is 5.82 Å². The van der Waals surface area contributed by atoms with Crippen molar-refractivity contribution in [1.29, 1.82) is 0 Å². The Balaban J connectivity index is 2.14. The van der Waals surface area contributed by atoms with Crippen LogP contribution in [0.1, 0.15) is 17.6 Å². The van der Waals surface area contributed by atoms with E-state index < -0.39 is 12.0 Å². The maximum atomic E-state index is 12.5. The molecule has 0 aliphatic carbocycles. The molecule has 1 atom stereocenters. The van der Waals surface area contributed by atoms with Gasteiger partial charge in [-0.15, -0.1) is 0 Å². The highest BCUT2D eigenvalue weighted by Crippen LogP contribution is 2.36. The summed E-state index contributed by atoms with van der Waals surface area (Å²) in [6.45, 7) is 0. The number of fused-ring (bicyclic) bond motifs is 3. The van der Waals surface area contributed by atoms with E-state index in [2.05, 4.69) is 10.3 Å². The zero-order valence-corrected chi connectivity index (χ0v) is 13.8. The van der Waals surface area contributed by atoms with Crippen molar-refractivity contribution in [3.8, 4) is 11.5 Å². The standard InChI is InChI=1S/C15H15N3O5S/c1-22-10-5-7-9(6-11(10)23-2)17-15(24)18-13(7)16-8(14(18)21)3-4-12(19)20/h5-6,8,16H,3-4H2,1-2H3,(H,19,20)/p-1. The molecule has 126 valence electrons. The number of benzene rings is 1. The fourth-order valence-corrected chi connectivity index (χ4v) is 2.99. The maximum absolute atomic E-state index is 12.5. The Morgan fingerprint density at radius 1 is 1.38 bits per heavy atom. The van der Waals surface area contributed by atoms with E-state index in [0.717, 1.165) is 0 Å². The van der Waals surface area contributed by atoms with Crippen molar-refractivity contribution in [1.82, 2.24) is 9.55 Å². The molecule has 0 saturated heterocycles. The Morgan fingerprint density at radius 3 is 2.67 bits per heavy atom. The lowest BCUT2D eigenvalue weighted by molar-refractivity contribution is -0.305. The van der Waals surface area contributed by atoms with E-state index in [1.165, 1.54) is 18.8 Å². The van der Waals surface area contributed by atoms with Crippen LogP contribution in [0.2, 0.25) is 0 Å². The van der Waals surface area contributed by atoms with E-state index in [1.54, 1.807) is 12.1 Å². The third kappa shape index (κ3) is 2.56. The highest BCUT2D eigenvalue weighted by Gasteiger charge is 2.32. The van der Waals surface area contributed by atoms with Gasteiger partial charge in [0.2, 0.25) is 4.77 Å². The molecular formula is C15H14N3O5S-. The second-order valence-corrected chi connectivity index (χ2v) is 5.61. The summed E-state index contributed by atoms with van der Waals surface area (Å²) < 4.78 is 11.9. The highest BCUT2D eigenvalue weighted by atomic mass is 32.1. The second-order valence-electron chi connectivity index (χ2n) is 5.25. The number of methoxy groups -OCH3 is 2. The fourth-order valence-electron chi connectivity index (χ4n) is 2.71. The van der Waals surface area contributed by atoms with E-state index in [4.69, 9.17) is 21.7 Å². The van der Waals surface area contributed by atoms with Crippen LogP contribution in [0.5, 0.6) is 11.5 Å². The molecule has 1 N–H and O–H groups in total. The predicted molar refractivity (Wildman–Crippen MR) is 85.9 cm³/mol. The molecule has 0 fully saturated rings. The van der Waals surface area contributed by atoms with Crippen LogP contribution in [-0.4, -0.2) is 41.7 Å². The second kappa shape index (κ2) is 6.08. The van der Waals surface area contributed by atoms with Gasteiger partial charge in [-0.1, -0.05) is 0 Å². The van der Waals surface area contributed by atoms with Crippen LogP contribution in [0.3, 0.4) is 0 Å². The first-order chi connectivity index (χ1) is 11.5. The van der Waals surface area contributed by atoms with Crippen molar-refractivity contribution in [3.05, 3.63) is 16.9 Å². The summed E-state index contributed by atoms with van der Waals surface area (Å²) in [4.78, 5) is 27.4. The molecule has 0 bridgehead atoms. The molecular weight excluding hydrogens is 334 g/mol. The smallest absolute Gasteiger partial charge is 0.257 e. The average Bonchev–Trinajstić information content (AvgIpc) is 2.89. The quantitative estimate of drug-likeness (QED) is 0.789. The predicted octanol–water partition coefficient (Wildman–Crippen LogP) is 0.747. The Morgan fingerprint density at radius 2 is 2.04 bits per heavy atom. The number of hydrogen-bond donors (Lipinski definition) is 1. The lowest BCUT2D eigenvalue weighted by atomic mass is 10.1. The van der Waals surface area contributed by atoms with E-state index in [1.807, 2.05) is 0 Å². The largest absolute Gasteiger partial charge is 0.550 e. The topological polar surface area (TPSA) is 106 Å². The fraction of sp³-hybridized carbons (Fsp3) is 0.333. The Bertz CT molecular complexity index is 908. The third-order valence-corrected chi connectivity index (χ3v) is 4.13. The minimum absolute atomic E-state index is 0.0955. The van der Waals surface area contributed by atoms with Crippen LogP contribution in [-0.2, 0) is 4.79 Å². The number of ether oxygens (including phenoxy) is 2. The first-order valence-corrected chi connectivity index (χ1v) is 7.56. The summed E-state index contributed by atoms with van der Waals surface area (Å²) >= 11 is 5.20. The number of hydrogen-bond acceptors (Lipinski definition) is 8. The number of carbonyl (C=O) groups is 2. The lowest BCUT2D eigenvalue weighted by Gasteiger charge is -2.12. The van der Waals surface area contributed by atoms with Gasteiger partial charge in [-0.05, 0) is 31.1 Å². The number of anilines is 1. The van der Waals surface area contributed by atoms with E-state index in [0.29, 0.717) is 28.2 Å². The van der Waals surface area contributed by atoms with Gasteiger partial charge >= 0.3 is 0 Å². The molecule has 1 unspecified atom stereocenters. The van der Waals surface area contributed by atoms with Crippen molar-refractivity contribution >= 4 is 40.8 Å². The van der Waals surface area contributed by atoms with Crippen LogP contribution in [0, 0.1) is 4.77 Å². The lowest BCUT2D eigenvalue weighted by Crippen LogP contribution is -2.29. The van der Waals surface area contributed by atoms with Gasteiger partial charge < -0.3 is 24.7 Å². The number of carboxylic acids is 1. The van der Waals surface area contributed by atoms with Crippen molar-refractivity contribution < 1.29 is 24.2 Å². The van der Waals surface area contributed by atoms with Crippen molar-refractivity contribution in [2.24, 2.45) is 0 Å². The van der Waals surface area contributed by atoms with E-state index in [-0.39, 0.29) is 23.5 Å². The summed E-state index contributed by atoms with van der Waals surface area (Å²) in [5.41, 5.74) is 0.546. The Labute approximate surface area is 142 Å². The molecule has 2 aromatic rings. The van der Waals surface area contributed by atoms with Gasteiger partial charge in [0.25, 0.3) is 5.91 Å². The molecule has 0 saturated carbocycles. The first kappa shape index (κ1) is 16.2. The maximum Gasteiger partial charge on any atom is 0.257 e. The van der Waals surface area contributed by atoms with Gasteiger partial charge in [-0.25, -0.2) is 9.55 Å². The Kier molecular flexibility index (Phi) is 4.10. The van der Waals surface area contributed by atoms with Gasteiger partial charge in [-0.2, -0.15) is 0 Å². The van der Waals surface area contributed by atoms with Gasteiger partial charge in [0.1, 0.15) is 11.9 Å². The van der Waals surface area contributed by atoms with E-state index >= 15 is 0 Å². The molecule has 3 rings (SSSR count). The Hall–Kier alpha value is -2.68. The van der Waals surface area contributed by atoms with Crippen LogP contribution < -0.4 is 19.9 Å². The number of nitrogens with one attached hydrogen (secondary N) is 1. The molecule has 1 aromatic heterocycles. The zero-order chi connectivity index (χ0) is 17.4. The summed E-state index contributed by atoms with van der Waals surface area (Å²) in [5, 5.41) is 14.3. The monoisotopic (exact) mass is 348 g/mol. The van der Waals surface area contributed by atoms with Gasteiger partial charge in [0.15, 0.2) is 11.5 Å². The molecule has 9 heteroatoms. The first-order valence-electron chi connectivity index (χ1n) is 7.15. The van der Waals surface area contributed by atoms with Gasteiger partial charge in [0.05, 0.1) is 19.7 Å². The molecule has 1 aromatic carbocycles. The highest BCUT2D eigenvalue weighted by molar-refractivity contribution is 7.71. The number of aliphatic carboxylic acids is 1. The minimum Gasteiger partial charge on any atom is -0.550 e. The summed E-state index contributed by atoms with van der Waals surface area (Å²) in [6.07, 6.45) is -0.125. The molecule has 1 aliphatic rings. The number of nitrogens with zero attached hydrogens (tertiary/aromatic N) is 2. The van der Waals surface area contributed by atoms with Crippen LogP contribution in [0.25, 0.3) is 10.9 Å². The van der Waals surface area contributed by atoms with Crippen molar-refractivity contribution in [3.63, 3.8) is 0 Å². The zero-order valence-electron chi connectivity index (χ0n) is 13.0. The number of rotatable bonds is 5. The summed E-state index contributed by atoms with van der Waals surface area (Å²) in [5.74, 6) is -0.0906. The average molecular weight is 348 g/mol.